The number of hydrogen-bond donors (Lipinski definition) is 4. The summed E-state index contributed by atoms with van der Waals surface area (Å²) in [5.74, 6) is -1.92. The molecule has 0 aromatic heterocycles. The molecule has 182 valence electrons. The van der Waals surface area contributed by atoms with E-state index in [9.17, 15) is 19.5 Å². The third-order valence-corrected chi connectivity index (χ3v) is 6.06. The minimum absolute atomic E-state index is 0.00160. The highest BCUT2D eigenvalue weighted by Crippen LogP contribution is 2.21. The highest BCUT2D eigenvalue weighted by Gasteiger charge is 2.30. The van der Waals surface area contributed by atoms with Crippen LogP contribution in [0.1, 0.15) is 42.9 Å². The van der Waals surface area contributed by atoms with Crippen LogP contribution in [0, 0.1) is 5.92 Å². The molecule has 34 heavy (non-hydrogen) atoms. The molecule has 2 amide bonds. The molecule has 5 N–H and O–H groups in total. The number of esters is 1. The molecule has 0 radical (unpaired) electrons. The maximum absolute atomic E-state index is 13.0. The van der Waals surface area contributed by atoms with Gasteiger partial charge < -0.3 is 26.2 Å². The number of aliphatic hydroxyl groups excluding tert-OH is 1. The molecule has 1 aliphatic heterocycles. The summed E-state index contributed by atoms with van der Waals surface area (Å²) in [5, 5.41) is 16.6. The minimum atomic E-state index is -1.01. The lowest BCUT2D eigenvalue weighted by Crippen LogP contribution is -2.44. The minimum Gasteiger partial charge on any atom is -0.456 e. The van der Waals surface area contributed by atoms with Crippen molar-refractivity contribution >= 4 is 29.4 Å². The lowest BCUT2D eigenvalue weighted by molar-refractivity contribution is -0.151. The van der Waals surface area contributed by atoms with Gasteiger partial charge in [-0.2, -0.15) is 0 Å². The van der Waals surface area contributed by atoms with Gasteiger partial charge in [-0.05, 0) is 36.1 Å². The number of hydrogen-bond acceptors (Lipinski definition) is 6. The fourth-order valence-corrected chi connectivity index (χ4v) is 3.92. The molecule has 1 aliphatic rings. The fourth-order valence-electron chi connectivity index (χ4n) is 3.80. The number of nitrogens with two attached hydrogens (primary N) is 1. The molecule has 0 bridgehead atoms. The quantitative estimate of drug-likeness (QED) is 0.478. The third kappa shape index (κ3) is 7.83. The first kappa shape index (κ1) is 25.7. The second-order valence-electron chi connectivity index (χ2n) is 8.44. The van der Waals surface area contributed by atoms with Gasteiger partial charge in [0.05, 0.1) is 12.6 Å². The van der Waals surface area contributed by atoms with Crippen LogP contribution in [-0.2, 0) is 25.7 Å². The summed E-state index contributed by atoms with van der Waals surface area (Å²) in [4.78, 5) is 37.9. The zero-order valence-electron chi connectivity index (χ0n) is 18.8. The Hall–Kier alpha value is -2.94. The summed E-state index contributed by atoms with van der Waals surface area (Å²) < 4.78 is 5.56. The van der Waals surface area contributed by atoms with E-state index in [1.165, 1.54) is 0 Å². The molecule has 1 fully saturated rings. The van der Waals surface area contributed by atoms with Crippen LogP contribution in [0.15, 0.2) is 54.6 Å². The predicted octanol–water partition coefficient (Wildman–Crippen LogP) is 2.24. The number of amides is 2. The van der Waals surface area contributed by atoms with Crippen LogP contribution >= 0.6 is 11.6 Å². The van der Waals surface area contributed by atoms with Crippen LogP contribution in [-0.4, -0.2) is 41.6 Å². The zero-order chi connectivity index (χ0) is 24.5. The van der Waals surface area contributed by atoms with Crippen molar-refractivity contribution < 1.29 is 24.2 Å². The number of carbonyl (C=O) groups excluding carboxylic acids is 3. The first-order valence-electron chi connectivity index (χ1n) is 11.3. The van der Waals surface area contributed by atoms with Crippen molar-refractivity contribution in [3.05, 3.63) is 70.7 Å². The lowest BCUT2D eigenvalue weighted by atomic mass is 9.91. The van der Waals surface area contributed by atoms with Gasteiger partial charge >= 0.3 is 5.97 Å². The second kappa shape index (κ2) is 12.5. The van der Waals surface area contributed by atoms with E-state index in [0.717, 1.165) is 11.1 Å². The van der Waals surface area contributed by atoms with E-state index < -0.39 is 30.1 Å². The number of rotatable bonds is 5. The summed E-state index contributed by atoms with van der Waals surface area (Å²) in [6.45, 7) is 0.361. The average molecular weight is 488 g/mol. The number of benzene rings is 2. The van der Waals surface area contributed by atoms with Gasteiger partial charge in [-0.25, -0.2) is 0 Å². The summed E-state index contributed by atoms with van der Waals surface area (Å²) in [7, 11) is 0. The van der Waals surface area contributed by atoms with E-state index in [2.05, 4.69) is 10.6 Å². The summed E-state index contributed by atoms with van der Waals surface area (Å²) >= 11 is 5.89. The molecule has 0 unspecified atom stereocenters. The van der Waals surface area contributed by atoms with Crippen molar-refractivity contribution in [2.45, 2.75) is 50.5 Å². The Morgan fingerprint density at radius 3 is 2.56 bits per heavy atom. The van der Waals surface area contributed by atoms with Crippen molar-refractivity contribution in [3.8, 4) is 0 Å². The molecular formula is C25H30ClN3O5. The normalized spacial score (nSPS) is 24.2. The Balaban J connectivity index is 1.68. The topological polar surface area (TPSA) is 131 Å². The van der Waals surface area contributed by atoms with Crippen molar-refractivity contribution in [1.82, 2.24) is 10.6 Å². The van der Waals surface area contributed by atoms with Crippen LogP contribution in [0.4, 0.5) is 0 Å². The first-order chi connectivity index (χ1) is 16.3. The Labute approximate surface area is 203 Å². The highest BCUT2D eigenvalue weighted by atomic mass is 35.5. The molecule has 0 aliphatic carbocycles. The van der Waals surface area contributed by atoms with E-state index in [1.807, 2.05) is 42.5 Å². The molecule has 8 nitrogen and oxygen atoms in total. The molecule has 1 heterocycles. The monoisotopic (exact) mass is 487 g/mol. The molecule has 0 spiro atoms. The molecule has 0 saturated carbocycles. The standard InChI is InChI=1S/C25H30ClN3O5/c26-19-8-6-16(7-9-19)14-28-23(31)13-18-12-20(27)21(30)10-11-24(32)34-22(15-29-25(18)33)17-4-2-1-3-5-17/h1-9,18,20-22,30H,10-15,27H2,(H,28,31)(H,29,33)/t18-,20+,21+,22-/m0/s1. The molecule has 4 atom stereocenters. The molecule has 9 heteroatoms. The Kier molecular flexibility index (Phi) is 9.44. The van der Waals surface area contributed by atoms with E-state index >= 15 is 0 Å². The van der Waals surface area contributed by atoms with Crippen molar-refractivity contribution in [2.75, 3.05) is 6.54 Å². The SMILES string of the molecule is N[C@@H]1C[C@@H](CC(=O)NCc2ccc(Cl)cc2)C(=O)NC[C@@H](c2ccccc2)OC(=O)CC[C@H]1O. The Bertz CT molecular complexity index is 970. The first-order valence-corrected chi connectivity index (χ1v) is 11.7. The van der Waals surface area contributed by atoms with E-state index in [4.69, 9.17) is 22.1 Å². The number of carbonyl (C=O) groups is 3. The molecule has 2 aromatic rings. The number of ether oxygens (including phenoxy) is 1. The maximum Gasteiger partial charge on any atom is 0.306 e. The van der Waals surface area contributed by atoms with Gasteiger partial charge in [-0.3, -0.25) is 14.4 Å². The van der Waals surface area contributed by atoms with E-state index in [1.54, 1.807) is 12.1 Å². The van der Waals surface area contributed by atoms with Crippen molar-refractivity contribution in [2.24, 2.45) is 11.7 Å². The summed E-state index contributed by atoms with van der Waals surface area (Å²) in [6, 6.07) is 15.4. The maximum atomic E-state index is 13.0. The zero-order valence-corrected chi connectivity index (χ0v) is 19.5. The van der Waals surface area contributed by atoms with Crippen LogP contribution < -0.4 is 16.4 Å². The highest BCUT2D eigenvalue weighted by molar-refractivity contribution is 6.30. The number of cyclic esters (lactones) is 1. The van der Waals surface area contributed by atoms with Crippen molar-refractivity contribution in [3.63, 3.8) is 0 Å². The number of halogens is 1. The molecule has 1 saturated heterocycles. The van der Waals surface area contributed by atoms with E-state index in [-0.39, 0.29) is 44.0 Å². The third-order valence-electron chi connectivity index (χ3n) is 5.81. The largest absolute Gasteiger partial charge is 0.456 e. The van der Waals surface area contributed by atoms with Gasteiger partial charge in [0.2, 0.25) is 11.8 Å². The van der Waals surface area contributed by atoms with Crippen LogP contribution in [0.3, 0.4) is 0 Å². The molecular weight excluding hydrogens is 458 g/mol. The van der Waals surface area contributed by atoms with Gasteiger partial charge in [0.15, 0.2) is 0 Å². The average Bonchev–Trinajstić information content (AvgIpc) is 2.84. The fraction of sp³-hybridized carbons (Fsp3) is 0.400. The molecule has 2 aromatic carbocycles. The predicted molar refractivity (Wildman–Crippen MR) is 128 cm³/mol. The van der Waals surface area contributed by atoms with Gasteiger partial charge in [0.25, 0.3) is 0 Å². The van der Waals surface area contributed by atoms with Crippen LogP contribution in [0.2, 0.25) is 5.02 Å². The number of aliphatic hydroxyl groups is 1. The number of nitrogens with one attached hydrogen (secondary N) is 2. The van der Waals surface area contributed by atoms with E-state index in [0.29, 0.717) is 11.6 Å². The Morgan fingerprint density at radius 1 is 1.15 bits per heavy atom. The van der Waals surface area contributed by atoms with Crippen molar-refractivity contribution in [1.29, 1.82) is 0 Å². The van der Waals surface area contributed by atoms with Crippen LogP contribution in [0.5, 0.6) is 0 Å². The summed E-state index contributed by atoms with van der Waals surface area (Å²) in [5.41, 5.74) is 7.72. The lowest BCUT2D eigenvalue weighted by Gasteiger charge is -2.26. The smallest absolute Gasteiger partial charge is 0.306 e. The van der Waals surface area contributed by atoms with Crippen LogP contribution in [0.25, 0.3) is 0 Å². The van der Waals surface area contributed by atoms with Gasteiger partial charge in [-0.15, -0.1) is 0 Å². The molecule has 3 rings (SSSR count). The summed E-state index contributed by atoms with van der Waals surface area (Å²) in [6.07, 6.45) is -1.56. The van der Waals surface area contributed by atoms with Gasteiger partial charge in [0.1, 0.15) is 6.10 Å². The van der Waals surface area contributed by atoms with Gasteiger partial charge in [-0.1, -0.05) is 54.1 Å². The second-order valence-corrected chi connectivity index (χ2v) is 8.88. The van der Waals surface area contributed by atoms with Gasteiger partial charge in [0, 0.05) is 36.4 Å². The Morgan fingerprint density at radius 2 is 1.85 bits per heavy atom.